The Kier molecular flexibility index (Phi) is 5.68. The summed E-state index contributed by atoms with van der Waals surface area (Å²) < 4.78 is 31.0. The standard InChI is InChI=1S/C24H19NO5S/c26-21(17-9-3-1-4-10-17)19-13-7-8-14-20(19)25-24(27)22-23(18-11-5-2-6-12-18)31(28,29)16-15-30-22/h1-14H,15-16H2,(H,25,27). The Hall–Kier alpha value is -3.71. The molecular weight excluding hydrogens is 414 g/mol. The van der Waals surface area contributed by atoms with Gasteiger partial charge in [-0.2, -0.15) is 0 Å². The van der Waals surface area contributed by atoms with Gasteiger partial charge >= 0.3 is 0 Å². The van der Waals surface area contributed by atoms with Gasteiger partial charge in [-0.05, 0) is 17.7 Å². The summed E-state index contributed by atoms with van der Waals surface area (Å²) in [6.45, 7) is -0.119. The van der Waals surface area contributed by atoms with Crippen molar-refractivity contribution in [3.63, 3.8) is 0 Å². The summed E-state index contributed by atoms with van der Waals surface area (Å²) in [6, 6.07) is 23.6. The van der Waals surface area contributed by atoms with Gasteiger partial charge in [-0.1, -0.05) is 72.8 Å². The van der Waals surface area contributed by atoms with Crippen molar-refractivity contribution in [2.45, 2.75) is 0 Å². The quantitative estimate of drug-likeness (QED) is 0.620. The van der Waals surface area contributed by atoms with E-state index < -0.39 is 15.7 Å². The number of ketones is 1. The van der Waals surface area contributed by atoms with E-state index in [1.807, 2.05) is 6.07 Å². The predicted molar refractivity (Wildman–Crippen MR) is 118 cm³/mol. The zero-order chi connectivity index (χ0) is 21.8. The fourth-order valence-electron chi connectivity index (χ4n) is 3.35. The molecule has 0 radical (unpaired) electrons. The number of ether oxygens (including phenoxy) is 1. The molecule has 0 bridgehead atoms. The topological polar surface area (TPSA) is 89.5 Å². The van der Waals surface area contributed by atoms with Gasteiger partial charge in [0.1, 0.15) is 11.5 Å². The van der Waals surface area contributed by atoms with E-state index in [1.54, 1.807) is 78.9 Å². The maximum absolute atomic E-state index is 13.1. The lowest BCUT2D eigenvalue weighted by Crippen LogP contribution is -2.28. The zero-order valence-corrected chi connectivity index (χ0v) is 17.3. The van der Waals surface area contributed by atoms with E-state index >= 15 is 0 Å². The summed E-state index contributed by atoms with van der Waals surface area (Å²) in [5, 5.41) is 2.66. The van der Waals surface area contributed by atoms with Gasteiger partial charge < -0.3 is 10.1 Å². The van der Waals surface area contributed by atoms with Gasteiger partial charge in [0, 0.05) is 11.1 Å². The third-order valence-corrected chi connectivity index (χ3v) is 6.56. The first-order chi connectivity index (χ1) is 15.0. The summed E-state index contributed by atoms with van der Waals surface area (Å²) in [7, 11) is -3.71. The molecule has 0 saturated heterocycles. The summed E-state index contributed by atoms with van der Waals surface area (Å²) in [5.74, 6) is -1.47. The number of rotatable bonds is 5. The van der Waals surface area contributed by atoms with Crippen LogP contribution in [0.1, 0.15) is 21.5 Å². The molecule has 4 rings (SSSR count). The van der Waals surface area contributed by atoms with Crippen molar-refractivity contribution in [3.05, 3.63) is 107 Å². The molecule has 31 heavy (non-hydrogen) atoms. The Bertz CT molecular complexity index is 1270. The molecule has 6 nitrogen and oxygen atoms in total. The first-order valence-electron chi connectivity index (χ1n) is 9.63. The van der Waals surface area contributed by atoms with Crippen molar-refractivity contribution in [2.75, 3.05) is 17.7 Å². The number of amides is 1. The summed E-state index contributed by atoms with van der Waals surface area (Å²) in [4.78, 5) is 25.9. The third kappa shape index (κ3) is 4.27. The molecule has 156 valence electrons. The molecule has 1 aliphatic rings. The van der Waals surface area contributed by atoms with Crippen molar-refractivity contribution in [1.29, 1.82) is 0 Å². The first-order valence-corrected chi connectivity index (χ1v) is 11.3. The van der Waals surface area contributed by atoms with Crippen LogP contribution in [0.3, 0.4) is 0 Å². The number of hydrogen-bond donors (Lipinski definition) is 1. The molecule has 3 aromatic rings. The maximum Gasteiger partial charge on any atom is 0.292 e. The van der Waals surface area contributed by atoms with Crippen molar-refractivity contribution in [1.82, 2.24) is 0 Å². The van der Waals surface area contributed by atoms with Crippen LogP contribution in [0.25, 0.3) is 4.91 Å². The minimum Gasteiger partial charge on any atom is -0.486 e. The van der Waals surface area contributed by atoms with Crippen molar-refractivity contribution in [2.24, 2.45) is 0 Å². The second-order valence-corrected chi connectivity index (χ2v) is 8.93. The Morgan fingerprint density at radius 3 is 2.13 bits per heavy atom. The molecule has 0 aromatic heterocycles. The van der Waals surface area contributed by atoms with Crippen LogP contribution in [0.2, 0.25) is 0 Å². The van der Waals surface area contributed by atoms with E-state index in [9.17, 15) is 18.0 Å². The highest BCUT2D eigenvalue weighted by Gasteiger charge is 2.33. The Morgan fingerprint density at radius 2 is 1.42 bits per heavy atom. The van der Waals surface area contributed by atoms with Crippen molar-refractivity contribution < 1.29 is 22.7 Å². The first kappa shape index (κ1) is 20.6. The number of para-hydroxylation sites is 1. The van der Waals surface area contributed by atoms with Crippen LogP contribution < -0.4 is 5.32 Å². The van der Waals surface area contributed by atoms with Crippen LogP contribution in [-0.4, -0.2) is 32.5 Å². The Balaban J connectivity index is 1.73. The molecule has 1 heterocycles. The maximum atomic E-state index is 13.1. The smallest absolute Gasteiger partial charge is 0.292 e. The number of benzene rings is 3. The molecule has 1 N–H and O–H groups in total. The molecular formula is C24H19NO5S. The van der Waals surface area contributed by atoms with E-state index in [-0.39, 0.29) is 34.5 Å². The highest BCUT2D eigenvalue weighted by molar-refractivity contribution is 8.00. The van der Waals surface area contributed by atoms with Crippen molar-refractivity contribution >= 4 is 32.1 Å². The van der Waals surface area contributed by atoms with Gasteiger partial charge in [0.2, 0.25) is 5.76 Å². The summed E-state index contributed by atoms with van der Waals surface area (Å²) in [5.41, 5.74) is 1.42. The number of carbonyl (C=O) groups is 2. The SMILES string of the molecule is O=C(Nc1ccccc1C(=O)c1ccccc1)C1=C(c2ccccc2)S(=O)(=O)CCO1. The van der Waals surface area contributed by atoms with E-state index in [0.717, 1.165) is 0 Å². The minimum absolute atomic E-state index is 0.119. The molecule has 0 fully saturated rings. The average molecular weight is 433 g/mol. The van der Waals surface area contributed by atoms with E-state index in [2.05, 4.69) is 5.32 Å². The molecule has 0 spiro atoms. The molecule has 0 unspecified atom stereocenters. The lowest BCUT2D eigenvalue weighted by molar-refractivity contribution is -0.115. The van der Waals surface area contributed by atoms with Gasteiger partial charge in [0.25, 0.3) is 5.91 Å². The predicted octanol–water partition coefficient (Wildman–Crippen LogP) is 3.67. The highest BCUT2D eigenvalue weighted by atomic mass is 32.2. The van der Waals surface area contributed by atoms with Gasteiger partial charge in [0.05, 0.1) is 11.4 Å². The Labute approximate surface area is 180 Å². The fourth-order valence-corrected chi connectivity index (χ4v) is 4.78. The number of nitrogens with one attached hydrogen (secondary N) is 1. The van der Waals surface area contributed by atoms with Crippen molar-refractivity contribution in [3.8, 4) is 0 Å². The van der Waals surface area contributed by atoms with Gasteiger partial charge in [-0.3, -0.25) is 9.59 Å². The van der Waals surface area contributed by atoms with Crippen LogP contribution in [0, 0.1) is 0 Å². The fraction of sp³-hybridized carbons (Fsp3) is 0.0833. The Morgan fingerprint density at radius 1 is 0.806 bits per heavy atom. The number of carbonyl (C=O) groups excluding carboxylic acids is 2. The summed E-state index contributed by atoms with van der Waals surface area (Å²) in [6.07, 6.45) is 0. The molecule has 0 aliphatic carbocycles. The lowest BCUT2D eigenvalue weighted by atomic mass is 10.0. The zero-order valence-electron chi connectivity index (χ0n) is 16.4. The van der Waals surface area contributed by atoms with Crippen LogP contribution >= 0.6 is 0 Å². The number of hydrogen-bond acceptors (Lipinski definition) is 5. The molecule has 0 saturated carbocycles. The molecule has 7 heteroatoms. The lowest BCUT2D eigenvalue weighted by Gasteiger charge is -2.21. The minimum atomic E-state index is -3.71. The summed E-state index contributed by atoms with van der Waals surface area (Å²) >= 11 is 0. The second kappa shape index (κ2) is 8.57. The average Bonchev–Trinajstić information content (AvgIpc) is 2.79. The monoisotopic (exact) mass is 433 g/mol. The van der Waals surface area contributed by atoms with Crippen LogP contribution in [0.5, 0.6) is 0 Å². The van der Waals surface area contributed by atoms with E-state index in [0.29, 0.717) is 16.7 Å². The largest absolute Gasteiger partial charge is 0.486 e. The van der Waals surface area contributed by atoms with Crippen LogP contribution in [-0.2, 0) is 19.4 Å². The number of sulfone groups is 1. The molecule has 0 atom stereocenters. The molecule has 3 aromatic carbocycles. The molecule has 1 amide bonds. The van der Waals surface area contributed by atoms with E-state index in [1.165, 1.54) is 0 Å². The normalized spacial score (nSPS) is 15.1. The van der Waals surface area contributed by atoms with Crippen LogP contribution in [0.4, 0.5) is 5.69 Å². The highest BCUT2D eigenvalue weighted by Crippen LogP contribution is 2.31. The molecule has 1 aliphatic heterocycles. The van der Waals surface area contributed by atoms with Gasteiger partial charge in [-0.15, -0.1) is 0 Å². The van der Waals surface area contributed by atoms with Gasteiger partial charge in [-0.25, -0.2) is 8.42 Å². The third-order valence-electron chi connectivity index (χ3n) is 4.81. The van der Waals surface area contributed by atoms with Crippen LogP contribution in [0.15, 0.2) is 90.7 Å². The number of anilines is 1. The van der Waals surface area contributed by atoms with E-state index in [4.69, 9.17) is 4.74 Å². The van der Waals surface area contributed by atoms with Gasteiger partial charge in [0.15, 0.2) is 15.6 Å². The second-order valence-electron chi connectivity index (χ2n) is 6.89.